The summed E-state index contributed by atoms with van der Waals surface area (Å²) >= 11 is 0. The van der Waals surface area contributed by atoms with Gasteiger partial charge in [-0.15, -0.1) is 53.6 Å². The fourth-order valence-corrected chi connectivity index (χ4v) is 4.01. The first-order chi connectivity index (χ1) is 17.4. The Morgan fingerprint density at radius 2 is 1.57 bits per heavy atom. The van der Waals surface area contributed by atoms with Crippen molar-refractivity contribution < 1.29 is 24.5 Å². The first-order valence-electron chi connectivity index (χ1n) is 11.9. The average molecular weight is 662 g/mol. The molecule has 0 aliphatic rings. The molecule has 0 saturated carbocycles. The van der Waals surface area contributed by atoms with Gasteiger partial charge in [0.25, 0.3) is 0 Å². The van der Waals surface area contributed by atoms with Crippen LogP contribution in [-0.2, 0) is 20.1 Å². The molecule has 4 aromatic heterocycles. The molecule has 0 saturated heterocycles. The summed E-state index contributed by atoms with van der Waals surface area (Å²) in [6.45, 7) is 10.3. The molecule has 6 aromatic rings. The van der Waals surface area contributed by atoms with E-state index in [9.17, 15) is 0 Å². The SMILES string of the molecule is Cc1c[c-]c(-c2cc(C)c(C)cn2)cc1.Cc1ccnc(-c2[c-]ccc3c2oc2nc(C)ccc23)c1.[Ir]. The van der Waals surface area contributed by atoms with E-state index in [0.717, 1.165) is 50.1 Å². The maximum absolute atomic E-state index is 5.98. The van der Waals surface area contributed by atoms with Gasteiger partial charge < -0.3 is 14.4 Å². The van der Waals surface area contributed by atoms with E-state index in [1.165, 1.54) is 16.7 Å². The van der Waals surface area contributed by atoms with Gasteiger partial charge in [0.2, 0.25) is 5.71 Å². The second-order valence-electron chi connectivity index (χ2n) is 9.15. The summed E-state index contributed by atoms with van der Waals surface area (Å²) in [5, 5.41) is 2.08. The smallest absolute Gasteiger partial charge is 0.216 e. The predicted molar refractivity (Wildman–Crippen MR) is 146 cm³/mol. The molecule has 0 aliphatic heterocycles. The molecular formula is C32H27IrN3O-2. The Balaban J connectivity index is 0.000000178. The number of rotatable bonds is 2. The van der Waals surface area contributed by atoms with Crippen LogP contribution >= 0.6 is 0 Å². The summed E-state index contributed by atoms with van der Waals surface area (Å²) in [7, 11) is 0. The Kier molecular flexibility index (Phi) is 7.97. The molecule has 0 amide bonds. The van der Waals surface area contributed by atoms with E-state index in [1.54, 1.807) is 0 Å². The molecule has 37 heavy (non-hydrogen) atoms. The second-order valence-corrected chi connectivity index (χ2v) is 9.15. The maximum Gasteiger partial charge on any atom is 0.216 e. The van der Waals surface area contributed by atoms with Crippen LogP contribution in [0.15, 0.2) is 77.5 Å². The van der Waals surface area contributed by atoms with Crippen LogP contribution in [0.5, 0.6) is 0 Å². The van der Waals surface area contributed by atoms with Crippen molar-refractivity contribution in [1.82, 2.24) is 15.0 Å². The molecule has 187 valence electrons. The number of nitrogens with zero attached hydrogens (tertiary/aromatic N) is 3. The van der Waals surface area contributed by atoms with Crippen LogP contribution in [0.4, 0.5) is 0 Å². The van der Waals surface area contributed by atoms with Crippen molar-refractivity contribution in [2.75, 3.05) is 0 Å². The van der Waals surface area contributed by atoms with Gasteiger partial charge in [0.15, 0.2) is 0 Å². The topological polar surface area (TPSA) is 51.8 Å². The Morgan fingerprint density at radius 1 is 0.730 bits per heavy atom. The average Bonchev–Trinajstić information content (AvgIpc) is 3.24. The van der Waals surface area contributed by atoms with Gasteiger partial charge in [0.05, 0.1) is 5.58 Å². The molecule has 6 rings (SSSR count). The van der Waals surface area contributed by atoms with E-state index in [-0.39, 0.29) is 20.1 Å². The fourth-order valence-electron chi connectivity index (χ4n) is 4.01. The monoisotopic (exact) mass is 662 g/mol. The summed E-state index contributed by atoms with van der Waals surface area (Å²) < 4.78 is 5.98. The van der Waals surface area contributed by atoms with Crippen LogP contribution in [-0.4, -0.2) is 15.0 Å². The Morgan fingerprint density at radius 3 is 2.30 bits per heavy atom. The third kappa shape index (κ3) is 5.69. The number of benzene rings is 2. The molecule has 0 fully saturated rings. The summed E-state index contributed by atoms with van der Waals surface area (Å²) in [5.74, 6) is 0. The van der Waals surface area contributed by atoms with Crippen LogP contribution in [0.1, 0.15) is 27.9 Å². The molecule has 0 aliphatic carbocycles. The number of aromatic nitrogens is 3. The van der Waals surface area contributed by atoms with Crippen molar-refractivity contribution >= 4 is 22.1 Å². The third-order valence-corrected chi connectivity index (χ3v) is 6.23. The van der Waals surface area contributed by atoms with Crippen LogP contribution in [0.2, 0.25) is 0 Å². The van der Waals surface area contributed by atoms with Gasteiger partial charge in [-0.25, -0.2) is 4.98 Å². The van der Waals surface area contributed by atoms with Crippen LogP contribution in [0, 0.1) is 46.8 Å². The van der Waals surface area contributed by atoms with Gasteiger partial charge >= 0.3 is 0 Å². The Labute approximate surface area is 231 Å². The van der Waals surface area contributed by atoms with E-state index in [0.29, 0.717) is 5.71 Å². The summed E-state index contributed by atoms with van der Waals surface area (Å²) in [6.07, 6.45) is 3.72. The minimum absolute atomic E-state index is 0. The first-order valence-corrected chi connectivity index (χ1v) is 11.9. The van der Waals surface area contributed by atoms with Gasteiger partial charge in [-0.1, -0.05) is 41.1 Å². The molecule has 1 radical (unpaired) electrons. The zero-order valence-corrected chi connectivity index (χ0v) is 23.9. The van der Waals surface area contributed by atoms with Gasteiger partial charge in [-0.2, -0.15) is 0 Å². The maximum atomic E-state index is 5.98. The van der Waals surface area contributed by atoms with E-state index in [2.05, 4.69) is 79.0 Å². The number of pyridine rings is 3. The zero-order chi connectivity index (χ0) is 25.2. The largest absolute Gasteiger partial charge is 0.486 e. The summed E-state index contributed by atoms with van der Waals surface area (Å²) in [6, 6.07) is 26.7. The Hall–Kier alpha value is -3.66. The van der Waals surface area contributed by atoms with E-state index >= 15 is 0 Å². The Bertz CT molecular complexity index is 1690. The fraction of sp³-hybridized carbons (Fsp3) is 0.156. The number of hydrogen-bond donors (Lipinski definition) is 0. The zero-order valence-electron chi connectivity index (χ0n) is 21.5. The van der Waals surface area contributed by atoms with Gasteiger partial charge in [0, 0.05) is 43.6 Å². The van der Waals surface area contributed by atoms with Crippen molar-refractivity contribution in [3.63, 3.8) is 0 Å². The molecule has 2 aromatic carbocycles. The molecule has 0 N–H and O–H groups in total. The van der Waals surface area contributed by atoms with Gasteiger partial charge in [0.1, 0.15) is 0 Å². The summed E-state index contributed by atoms with van der Waals surface area (Å²) in [4.78, 5) is 13.3. The van der Waals surface area contributed by atoms with E-state index < -0.39 is 0 Å². The van der Waals surface area contributed by atoms with Crippen molar-refractivity contribution in [2.45, 2.75) is 34.6 Å². The van der Waals surface area contributed by atoms with Gasteiger partial charge in [-0.3, -0.25) is 0 Å². The van der Waals surface area contributed by atoms with Crippen molar-refractivity contribution in [2.24, 2.45) is 0 Å². The third-order valence-electron chi connectivity index (χ3n) is 6.23. The van der Waals surface area contributed by atoms with Gasteiger partial charge in [-0.05, 0) is 62.8 Å². The summed E-state index contributed by atoms with van der Waals surface area (Å²) in [5.41, 5.74) is 11.1. The number of furan rings is 1. The number of hydrogen-bond acceptors (Lipinski definition) is 4. The second kappa shape index (κ2) is 11.2. The number of fused-ring (bicyclic) bond motifs is 3. The predicted octanol–water partition coefficient (Wildman–Crippen LogP) is 7.93. The minimum Gasteiger partial charge on any atom is -0.486 e. The van der Waals surface area contributed by atoms with Crippen LogP contribution in [0.25, 0.3) is 44.6 Å². The molecule has 0 bridgehead atoms. The van der Waals surface area contributed by atoms with Crippen molar-refractivity contribution in [3.8, 4) is 22.5 Å². The minimum atomic E-state index is 0. The van der Waals surface area contributed by atoms with Crippen molar-refractivity contribution in [1.29, 1.82) is 0 Å². The van der Waals surface area contributed by atoms with E-state index in [1.807, 2.05) is 55.7 Å². The molecule has 4 heterocycles. The quantitative estimate of drug-likeness (QED) is 0.177. The molecule has 0 spiro atoms. The molecule has 4 nitrogen and oxygen atoms in total. The molecule has 0 unspecified atom stereocenters. The van der Waals surface area contributed by atoms with Crippen molar-refractivity contribution in [3.05, 3.63) is 113 Å². The standard InChI is InChI=1S/C18H13N2O.C14H14N.Ir/c1-11-8-9-19-16(10-11)15-5-3-4-13-14-7-6-12(2)20-18(14)21-17(13)15;1-10-4-6-13(7-5-10)14-8-11(2)12(3)9-15-14;/h3-4,6-10H,1-2H3;4-6,8-9H,1-3H3;/q2*-1;. The molecular weight excluding hydrogens is 635 g/mol. The van der Waals surface area contributed by atoms with Crippen LogP contribution in [0.3, 0.4) is 0 Å². The molecule has 5 heteroatoms. The van der Waals surface area contributed by atoms with Crippen LogP contribution < -0.4 is 0 Å². The normalized spacial score (nSPS) is 10.6. The number of aryl methyl sites for hydroxylation is 5. The molecule has 0 atom stereocenters. The first kappa shape index (κ1) is 26.4. The van der Waals surface area contributed by atoms with E-state index in [4.69, 9.17) is 4.42 Å².